The minimum absolute atomic E-state index is 0.0393. The summed E-state index contributed by atoms with van der Waals surface area (Å²) < 4.78 is 10.0. The second-order valence-corrected chi connectivity index (χ2v) is 7.55. The molecule has 0 fully saturated rings. The van der Waals surface area contributed by atoms with Crippen molar-refractivity contribution in [2.45, 2.75) is 38.8 Å². The molecule has 160 valence electrons. The lowest BCUT2D eigenvalue weighted by molar-refractivity contribution is -0.150. The number of imide groups is 1. The van der Waals surface area contributed by atoms with Gasteiger partial charge in [-0.3, -0.25) is 14.9 Å². The Hall–Kier alpha value is -3.62. The molecule has 2 aromatic rings. The van der Waals surface area contributed by atoms with Crippen LogP contribution in [0, 0.1) is 0 Å². The number of ether oxygens (including phenoxy) is 1. The van der Waals surface area contributed by atoms with E-state index in [-0.39, 0.29) is 12.2 Å². The van der Waals surface area contributed by atoms with Crippen LogP contribution < -0.4 is 16.0 Å². The zero-order chi connectivity index (χ0) is 22.1. The molecule has 1 aromatic heterocycles. The molecular formula is C21H25N3O6. The molecule has 2 rings (SSSR count). The number of urea groups is 1. The maximum Gasteiger partial charge on any atom is 0.329 e. The van der Waals surface area contributed by atoms with Crippen LogP contribution in [0.15, 0.2) is 53.1 Å². The number of benzene rings is 1. The first-order valence-corrected chi connectivity index (χ1v) is 9.31. The average molecular weight is 415 g/mol. The normalized spacial score (nSPS) is 11.8. The summed E-state index contributed by atoms with van der Waals surface area (Å²) in [7, 11) is 0. The molecule has 0 bridgehead atoms. The van der Waals surface area contributed by atoms with Crippen LogP contribution in [0.4, 0.5) is 4.79 Å². The number of furan rings is 1. The lowest BCUT2D eigenvalue weighted by Gasteiger charge is -2.20. The van der Waals surface area contributed by atoms with Gasteiger partial charge in [0.05, 0.1) is 6.26 Å². The molecule has 1 aromatic carbocycles. The lowest BCUT2D eigenvalue weighted by atomic mass is 10.1. The summed E-state index contributed by atoms with van der Waals surface area (Å²) in [6.07, 6.45) is 1.49. The maximum atomic E-state index is 12.5. The van der Waals surface area contributed by atoms with E-state index < -0.39 is 42.0 Å². The third-order valence-electron chi connectivity index (χ3n) is 3.70. The number of carbonyl (C=O) groups excluding carboxylic acids is 4. The van der Waals surface area contributed by atoms with E-state index in [1.54, 1.807) is 51.1 Å². The van der Waals surface area contributed by atoms with E-state index in [0.717, 1.165) is 5.56 Å². The highest BCUT2D eigenvalue weighted by Crippen LogP contribution is 2.07. The highest BCUT2D eigenvalue weighted by molar-refractivity contribution is 5.97. The van der Waals surface area contributed by atoms with Crippen molar-refractivity contribution in [1.29, 1.82) is 0 Å². The predicted molar refractivity (Wildman–Crippen MR) is 107 cm³/mol. The van der Waals surface area contributed by atoms with E-state index >= 15 is 0 Å². The molecule has 1 heterocycles. The molecule has 30 heavy (non-hydrogen) atoms. The summed E-state index contributed by atoms with van der Waals surface area (Å²) in [5.74, 6) is -2.16. The topological polar surface area (TPSA) is 127 Å². The van der Waals surface area contributed by atoms with Crippen molar-refractivity contribution < 1.29 is 28.3 Å². The van der Waals surface area contributed by atoms with Crippen LogP contribution in [-0.2, 0) is 20.7 Å². The van der Waals surface area contributed by atoms with Gasteiger partial charge in [-0.05, 0) is 38.5 Å². The van der Waals surface area contributed by atoms with Gasteiger partial charge >= 0.3 is 12.0 Å². The first-order chi connectivity index (χ1) is 14.1. The largest absolute Gasteiger partial charge is 0.459 e. The minimum atomic E-state index is -1.05. The fourth-order valence-corrected chi connectivity index (χ4v) is 2.45. The van der Waals surface area contributed by atoms with Gasteiger partial charge in [0.1, 0.15) is 6.04 Å². The number of amides is 4. The van der Waals surface area contributed by atoms with E-state index in [4.69, 9.17) is 9.15 Å². The summed E-state index contributed by atoms with van der Waals surface area (Å²) in [5, 5.41) is 7.18. The average Bonchev–Trinajstić information content (AvgIpc) is 3.19. The summed E-state index contributed by atoms with van der Waals surface area (Å²) in [6.45, 7) is 4.60. The zero-order valence-corrected chi connectivity index (χ0v) is 17.1. The van der Waals surface area contributed by atoms with E-state index in [0.29, 0.717) is 0 Å². The van der Waals surface area contributed by atoms with Gasteiger partial charge in [0.2, 0.25) is 0 Å². The number of hydrogen-bond donors (Lipinski definition) is 3. The number of esters is 1. The standard InChI is InChI=1S/C21H25N3O6/c1-21(2,3)24-20(28)23-17(25)13-30-19(27)15(12-14-8-5-4-6-9-14)22-18(26)16-10-7-11-29-16/h4-11,15H,12-13H2,1-3H3,(H,22,26)(H2,23,24,25,28)/t15-/m0/s1. The monoisotopic (exact) mass is 415 g/mol. The van der Waals surface area contributed by atoms with Crippen molar-refractivity contribution in [3.8, 4) is 0 Å². The van der Waals surface area contributed by atoms with Crippen LogP contribution in [-0.4, -0.2) is 42.0 Å². The Kier molecular flexibility index (Phi) is 7.74. The second-order valence-electron chi connectivity index (χ2n) is 7.55. The first-order valence-electron chi connectivity index (χ1n) is 9.31. The van der Waals surface area contributed by atoms with E-state index in [1.165, 1.54) is 12.3 Å². The Morgan fingerprint density at radius 3 is 2.33 bits per heavy atom. The molecule has 0 radical (unpaired) electrons. The van der Waals surface area contributed by atoms with Crippen LogP contribution in [0.1, 0.15) is 36.9 Å². The molecule has 0 saturated heterocycles. The summed E-state index contributed by atoms with van der Waals surface area (Å²) in [4.78, 5) is 48.4. The number of carbonyl (C=O) groups is 4. The highest BCUT2D eigenvalue weighted by atomic mass is 16.5. The zero-order valence-electron chi connectivity index (χ0n) is 17.1. The van der Waals surface area contributed by atoms with Gasteiger partial charge in [0, 0.05) is 12.0 Å². The van der Waals surface area contributed by atoms with Gasteiger partial charge in [-0.1, -0.05) is 30.3 Å². The van der Waals surface area contributed by atoms with Gasteiger partial charge in [-0.15, -0.1) is 0 Å². The van der Waals surface area contributed by atoms with Crippen LogP contribution in [0.5, 0.6) is 0 Å². The van der Waals surface area contributed by atoms with Crippen molar-refractivity contribution in [3.63, 3.8) is 0 Å². The van der Waals surface area contributed by atoms with Crippen LogP contribution in [0.2, 0.25) is 0 Å². The number of rotatable bonds is 7. The van der Waals surface area contributed by atoms with Crippen molar-refractivity contribution in [1.82, 2.24) is 16.0 Å². The Balaban J connectivity index is 1.97. The molecule has 0 spiro atoms. The molecule has 0 unspecified atom stereocenters. The first kappa shape index (κ1) is 22.7. The van der Waals surface area contributed by atoms with Crippen molar-refractivity contribution in [2.75, 3.05) is 6.61 Å². The van der Waals surface area contributed by atoms with Gasteiger partial charge in [0.15, 0.2) is 12.4 Å². The van der Waals surface area contributed by atoms with Gasteiger partial charge < -0.3 is 19.8 Å². The second kappa shape index (κ2) is 10.2. The third kappa shape index (κ3) is 7.78. The van der Waals surface area contributed by atoms with Gasteiger partial charge in [-0.25, -0.2) is 9.59 Å². The Morgan fingerprint density at radius 1 is 1.03 bits per heavy atom. The molecule has 4 amide bonds. The molecule has 0 aliphatic rings. The predicted octanol–water partition coefficient (Wildman–Crippen LogP) is 1.79. The highest BCUT2D eigenvalue weighted by Gasteiger charge is 2.25. The van der Waals surface area contributed by atoms with Crippen LogP contribution in [0.3, 0.4) is 0 Å². The summed E-state index contributed by atoms with van der Waals surface area (Å²) >= 11 is 0. The third-order valence-corrected chi connectivity index (χ3v) is 3.70. The molecule has 1 atom stereocenters. The minimum Gasteiger partial charge on any atom is -0.459 e. The SMILES string of the molecule is CC(C)(C)NC(=O)NC(=O)COC(=O)[C@H](Cc1ccccc1)NC(=O)c1ccco1. The fourth-order valence-electron chi connectivity index (χ4n) is 2.45. The number of nitrogens with one attached hydrogen (secondary N) is 3. The maximum absolute atomic E-state index is 12.5. The van der Waals surface area contributed by atoms with Crippen molar-refractivity contribution in [2.24, 2.45) is 0 Å². The Bertz CT molecular complexity index is 872. The van der Waals surface area contributed by atoms with E-state index in [2.05, 4.69) is 16.0 Å². The summed E-state index contributed by atoms with van der Waals surface area (Å²) in [6, 6.07) is 10.3. The smallest absolute Gasteiger partial charge is 0.329 e. The van der Waals surface area contributed by atoms with Gasteiger partial charge in [-0.2, -0.15) is 0 Å². The molecule has 9 nitrogen and oxygen atoms in total. The van der Waals surface area contributed by atoms with Gasteiger partial charge in [0.25, 0.3) is 11.8 Å². The molecule has 3 N–H and O–H groups in total. The Morgan fingerprint density at radius 2 is 1.73 bits per heavy atom. The quantitative estimate of drug-likeness (QED) is 0.592. The lowest BCUT2D eigenvalue weighted by Crippen LogP contribution is -2.49. The molecular weight excluding hydrogens is 390 g/mol. The van der Waals surface area contributed by atoms with Crippen LogP contribution >= 0.6 is 0 Å². The Labute approximate surface area is 174 Å². The molecule has 0 saturated carbocycles. The van der Waals surface area contributed by atoms with E-state index in [1.807, 2.05) is 6.07 Å². The number of hydrogen-bond acceptors (Lipinski definition) is 6. The molecule has 9 heteroatoms. The van der Waals surface area contributed by atoms with Crippen molar-refractivity contribution >= 4 is 23.8 Å². The van der Waals surface area contributed by atoms with Crippen LogP contribution in [0.25, 0.3) is 0 Å². The fraction of sp³-hybridized carbons (Fsp3) is 0.333. The van der Waals surface area contributed by atoms with Crippen molar-refractivity contribution in [3.05, 3.63) is 60.1 Å². The van der Waals surface area contributed by atoms with E-state index in [9.17, 15) is 19.2 Å². The molecule has 0 aliphatic heterocycles. The summed E-state index contributed by atoms with van der Waals surface area (Å²) in [5.41, 5.74) is 0.256. The molecule has 0 aliphatic carbocycles.